The first kappa shape index (κ1) is 11.0. The van der Waals surface area contributed by atoms with Gasteiger partial charge in [-0.15, -0.1) is 0 Å². The number of rotatable bonds is 4. The molecule has 1 heterocycles. The minimum atomic E-state index is -0.784. The standard InChI is InChI=1S/C9H14N2O3/c10-3-1-8-7-11(5-6-14-8)4-2-9(12)13/h8H,1-2,4-7H2,(H,12,13). The van der Waals surface area contributed by atoms with Crippen molar-refractivity contribution in [3.63, 3.8) is 0 Å². The van der Waals surface area contributed by atoms with Gasteiger partial charge >= 0.3 is 5.97 Å². The first-order valence-electron chi connectivity index (χ1n) is 4.65. The van der Waals surface area contributed by atoms with E-state index in [1.807, 2.05) is 4.90 Å². The van der Waals surface area contributed by atoms with Crippen LogP contribution in [0.2, 0.25) is 0 Å². The van der Waals surface area contributed by atoms with E-state index in [0.29, 0.717) is 26.1 Å². The van der Waals surface area contributed by atoms with Gasteiger partial charge in [-0.05, 0) is 0 Å². The van der Waals surface area contributed by atoms with Crippen molar-refractivity contribution in [2.45, 2.75) is 18.9 Å². The Bertz CT molecular complexity index is 237. The Balaban J connectivity index is 2.26. The van der Waals surface area contributed by atoms with Crippen molar-refractivity contribution in [1.29, 1.82) is 5.26 Å². The van der Waals surface area contributed by atoms with Gasteiger partial charge in [0.1, 0.15) is 0 Å². The Morgan fingerprint density at radius 1 is 1.71 bits per heavy atom. The third-order valence-electron chi connectivity index (χ3n) is 2.18. The van der Waals surface area contributed by atoms with Crippen LogP contribution < -0.4 is 0 Å². The van der Waals surface area contributed by atoms with Crippen LogP contribution in [-0.2, 0) is 9.53 Å². The van der Waals surface area contributed by atoms with E-state index in [2.05, 4.69) is 6.07 Å². The van der Waals surface area contributed by atoms with Gasteiger partial charge in [-0.3, -0.25) is 9.69 Å². The van der Waals surface area contributed by atoms with Gasteiger partial charge in [0.2, 0.25) is 0 Å². The van der Waals surface area contributed by atoms with Crippen molar-refractivity contribution >= 4 is 5.97 Å². The van der Waals surface area contributed by atoms with Crippen molar-refractivity contribution < 1.29 is 14.6 Å². The van der Waals surface area contributed by atoms with E-state index in [4.69, 9.17) is 15.1 Å². The molecule has 5 heteroatoms. The van der Waals surface area contributed by atoms with Crippen LogP contribution in [0.25, 0.3) is 0 Å². The van der Waals surface area contributed by atoms with Crippen LogP contribution >= 0.6 is 0 Å². The maximum absolute atomic E-state index is 10.3. The Kier molecular flexibility index (Phi) is 4.36. The van der Waals surface area contributed by atoms with Gasteiger partial charge in [-0.2, -0.15) is 5.26 Å². The molecule has 1 aliphatic rings. The molecular formula is C9H14N2O3. The lowest BCUT2D eigenvalue weighted by molar-refractivity contribution is -0.137. The summed E-state index contributed by atoms with van der Waals surface area (Å²) in [5.41, 5.74) is 0. The number of nitrogens with zero attached hydrogens (tertiary/aromatic N) is 2. The fourth-order valence-electron chi connectivity index (χ4n) is 1.46. The zero-order valence-electron chi connectivity index (χ0n) is 7.98. The van der Waals surface area contributed by atoms with Crippen LogP contribution in [0.1, 0.15) is 12.8 Å². The Morgan fingerprint density at radius 3 is 3.14 bits per heavy atom. The van der Waals surface area contributed by atoms with Crippen molar-refractivity contribution in [3.8, 4) is 6.07 Å². The van der Waals surface area contributed by atoms with Crippen molar-refractivity contribution in [2.75, 3.05) is 26.2 Å². The molecule has 1 aliphatic heterocycles. The first-order chi connectivity index (χ1) is 6.72. The molecule has 0 radical (unpaired) electrons. The number of morpholine rings is 1. The van der Waals surface area contributed by atoms with Crippen molar-refractivity contribution in [2.24, 2.45) is 0 Å². The maximum Gasteiger partial charge on any atom is 0.304 e. The van der Waals surface area contributed by atoms with Gasteiger partial charge in [-0.25, -0.2) is 0 Å². The Hall–Kier alpha value is -1.12. The topological polar surface area (TPSA) is 73.6 Å². The average Bonchev–Trinajstić information content (AvgIpc) is 2.16. The Morgan fingerprint density at radius 2 is 2.50 bits per heavy atom. The third-order valence-corrected chi connectivity index (χ3v) is 2.18. The number of carbonyl (C=O) groups is 1. The second kappa shape index (κ2) is 5.58. The predicted octanol–water partition coefficient (Wildman–Crippen LogP) is 0.0756. The zero-order valence-corrected chi connectivity index (χ0v) is 7.98. The highest BCUT2D eigenvalue weighted by molar-refractivity contribution is 5.66. The predicted molar refractivity (Wildman–Crippen MR) is 48.7 cm³/mol. The molecule has 0 spiro atoms. The summed E-state index contributed by atoms with van der Waals surface area (Å²) >= 11 is 0. The number of aliphatic carboxylic acids is 1. The van der Waals surface area contributed by atoms with Gasteiger partial charge in [0.25, 0.3) is 0 Å². The summed E-state index contributed by atoms with van der Waals surface area (Å²) in [7, 11) is 0. The molecule has 1 saturated heterocycles. The summed E-state index contributed by atoms with van der Waals surface area (Å²) < 4.78 is 5.34. The molecule has 0 bridgehead atoms. The van der Waals surface area contributed by atoms with Crippen LogP contribution in [-0.4, -0.2) is 48.3 Å². The number of hydrogen-bond acceptors (Lipinski definition) is 4. The van der Waals surface area contributed by atoms with Crippen LogP contribution in [0.5, 0.6) is 0 Å². The summed E-state index contributed by atoms with van der Waals surface area (Å²) in [6.07, 6.45) is 0.477. The van der Waals surface area contributed by atoms with E-state index in [1.54, 1.807) is 0 Å². The molecule has 0 aliphatic carbocycles. The molecule has 1 fully saturated rings. The van der Waals surface area contributed by atoms with Crippen LogP contribution in [0.15, 0.2) is 0 Å². The largest absolute Gasteiger partial charge is 0.481 e. The highest BCUT2D eigenvalue weighted by Crippen LogP contribution is 2.08. The number of ether oxygens (including phenoxy) is 1. The van der Waals surface area contributed by atoms with Crippen molar-refractivity contribution in [1.82, 2.24) is 4.90 Å². The third kappa shape index (κ3) is 3.73. The SMILES string of the molecule is N#CCC1CN(CCC(=O)O)CCO1. The highest BCUT2D eigenvalue weighted by Gasteiger charge is 2.20. The molecule has 0 aromatic carbocycles. The number of nitriles is 1. The normalized spacial score (nSPS) is 22.9. The molecule has 1 N–H and O–H groups in total. The first-order valence-corrected chi connectivity index (χ1v) is 4.65. The zero-order chi connectivity index (χ0) is 10.4. The van der Waals surface area contributed by atoms with Crippen LogP contribution in [0.4, 0.5) is 0 Å². The fourth-order valence-corrected chi connectivity index (χ4v) is 1.46. The lowest BCUT2D eigenvalue weighted by atomic mass is 10.2. The summed E-state index contributed by atoms with van der Waals surface area (Å²) in [5.74, 6) is -0.784. The highest BCUT2D eigenvalue weighted by atomic mass is 16.5. The molecule has 0 aromatic rings. The van der Waals surface area contributed by atoms with Crippen LogP contribution in [0, 0.1) is 11.3 Å². The van der Waals surface area contributed by atoms with E-state index < -0.39 is 5.97 Å². The van der Waals surface area contributed by atoms with E-state index in [-0.39, 0.29) is 12.5 Å². The van der Waals surface area contributed by atoms with E-state index in [1.165, 1.54) is 0 Å². The van der Waals surface area contributed by atoms with Crippen LogP contribution in [0.3, 0.4) is 0 Å². The molecule has 5 nitrogen and oxygen atoms in total. The molecule has 1 unspecified atom stereocenters. The monoisotopic (exact) mass is 198 g/mol. The molecule has 1 atom stereocenters. The average molecular weight is 198 g/mol. The van der Waals surface area contributed by atoms with E-state index in [9.17, 15) is 4.79 Å². The lowest BCUT2D eigenvalue weighted by Crippen LogP contribution is -2.43. The van der Waals surface area contributed by atoms with Gasteiger partial charge in [-0.1, -0.05) is 0 Å². The van der Waals surface area contributed by atoms with E-state index >= 15 is 0 Å². The molecule has 1 rings (SSSR count). The number of carboxylic acid groups (broad SMARTS) is 1. The molecule has 0 amide bonds. The number of hydrogen-bond donors (Lipinski definition) is 1. The molecular weight excluding hydrogens is 184 g/mol. The summed E-state index contributed by atoms with van der Waals surface area (Å²) in [6.45, 7) is 2.56. The maximum atomic E-state index is 10.3. The summed E-state index contributed by atoms with van der Waals surface area (Å²) in [5, 5.41) is 17.0. The summed E-state index contributed by atoms with van der Waals surface area (Å²) in [4.78, 5) is 12.4. The van der Waals surface area contributed by atoms with Gasteiger partial charge in [0, 0.05) is 19.6 Å². The van der Waals surface area contributed by atoms with Gasteiger partial charge in [0.05, 0.1) is 31.6 Å². The molecule has 78 valence electrons. The minimum absolute atomic E-state index is 0.0532. The van der Waals surface area contributed by atoms with Crippen molar-refractivity contribution in [3.05, 3.63) is 0 Å². The fraction of sp³-hybridized carbons (Fsp3) is 0.778. The quantitative estimate of drug-likeness (QED) is 0.692. The Labute approximate surface area is 82.9 Å². The second-order valence-electron chi connectivity index (χ2n) is 3.30. The van der Waals surface area contributed by atoms with E-state index in [0.717, 1.165) is 6.54 Å². The summed E-state index contributed by atoms with van der Waals surface area (Å²) in [6, 6.07) is 2.05. The minimum Gasteiger partial charge on any atom is -0.481 e. The molecule has 0 aromatic heterocycles. The lowest BCUT2D eigenvalue weighted by Gasteiger charge is -2.31. The number of carboxylic acids is 1. The molecule has 0 saturated carbocycles. The second-order valence-corrected chi connectivity index (χ2v) is 3.30. The van der Waals surface area contributed by atoms with Gasteiger partial charge in [0.15, 0.2) is 0 Å². The van der Waals surface area contributed by atoms with Gasteiger partial charge < -0.3 is 9.84 Å². The smallest absolute Gasteiger partial charge is 0.304 e. The molecule has 14 heavy (non-hydrogen) atoms.